The van der Waals surface area contributed by atoms with E-state index in [4.69, 9.17) is 9.47 Å². The van der Waals surface area contributed by atoms with E-state index in [1.54, 1.807) is 12.1 Å². The van der Waals surface area contributed by atoms with Gasteiger partial charge in [-0.15, -0.1) is 0 Å². The number of nitrogens with zero attached hydrogens (tertiary/aromatic N) is 1. The second-order valence-electron chi connectivity index (χ2n) is 9.89. The van der Waals surface area contributed by atoms with Crippen LogP contribution in [0.2, 0.25) is 0 Å². The molecule has 0 radical (unpaired) electrons. The number of hydrogen-bond donors (Lipinski definition) is 1. The van der Waals surface area contributed by atoms with E-state index < -0.39 is 0 Å². The zero-order valence-corrected chi connectivity index (χ0v) is 19.7. The number of rotatable bonds is 8. The van der Waals surface area contributed by atoms with Gasteiger partial charge in [0.1, 0.15) is 5.82 Å². The lowest BCUT2D eigenvalue weighted by atomic mass is 9.56. The van der Waals surface area contributed by atoms with E-state index in [0.717, 1.165) is 76.8 Å². The molecule has 2 aliphatic carbocycles. The van der Waals surface area contributed by atoms with Gasteiger partial charge in [0.05, 0.1) is 13.2 Å². The largest absolute Gasteiger partial charge is 0.453 e. The van der Waals surface area contributed by atoms with Crippen molar-refractivity contribution in [2.75, 3.05) is 33.4 Å². The van der Waals surface area contributed by atoms with Gasteiger partial charge in [-0.25, -0.2) is 9.18 Å². The number of carbonyl (C=O) groups excluding carboxylic acids is 1. The van der Waals surface area contributed by atoms with Gasteiger partial charge in [0, 0.05) is 24.6 Å². The standard InChI is InChI=1S/C26H39FN2O3/c1-3-32-22-13-11-19(12-14-22)26(18-29-15-6-16-29,20-7-4-8-21(27)17-20)23-9-5-10-24(23)28-25(30)31-2/h4,7-8,17,19,22-24H,3,5-6,9-16,18H2,1-2H3,(H,28,30)/t19-,22-,23-,24-,26?/m0/s1. The average Bonchev–Trinajstić information content (AvgIpc) is 3.22. The van der Waals surface area contributed by atoms with Crippen molar-refractivity contribution in [1.82, 2.24) is 10.2 Å². The molecule has 1 aromatic rings. The molecular formula is C26H39FN2O3. The summed E-state index contributed by atoms with van der Waals surface area (Å²) in [7, 11) is 1.42. The normalized spacial score (nSPS) is 30.3. The van der Waals surface area contributed by atoms with Gasteiger partial charge in [-0.05, 0) is 94.5 Å². The highest BCUT2D eigenvalue weighted by atomic mass is 19.1. The van der Waals surface area contributed by atoms with Gasteiger partial charge in [-0.3, -0.25) is 0 Å². The smallest absolute Gasteiger partial charge is 0.407 e. The number of benzene rings is 1. The molecule has 0 aromatic heterocycles. The Morgan fingerprint density at radius 3 is 2.56 bits per heavy atom. The van der Waals surface area contributed by atoms with Crippen LogP contribution in [0.4, 0.5) is 9.18 Å². The Morgan fingerprint density at radius 2 is 1.94 bits per heavy atom. The molecule has 1 amide bonds. The summed E-state index contributed by atoms with van der Waals surface area (Å²) < 4.78 is 25.5. The van der Waals surface area contributed by atoms with Gasteiger partial charge in [0.15, 0.2) is 0 Å². The molecule has 1 aliphatic heterocycles. The maximum Gasteiger partial charge on any atom is 0.407 e. The molecule has 5 nitrogen and oxygen atoms in total. The van der Waals surface area contributed by atoms with Crippen molar-refractivity contribution < 1.29 is 18.7 Å². The number of hydrogen-bond acceptors (Lipinski definition) is 4. The molecule has 1 unspecified atom stereocenters. The summed E-state index contributed by atoms with van der Waals surface area (Å²) in [6.07, 6.45) is 8.53. The van der Waals surface area contributed by atoms with Crippen LogP contribution in [-0.2, 0) is 14.9 Å². The van der Waals surface area contributed by atoms with E-state index in [1.807, 2.05) is 6.07 Å². The van der Waals surface area contributed by atoms with Crippen molar-refractivity contribution in [1.29, 1.82) is 0 Å². The monoisotopic (exact) mass is 446 g/mol. The van der Waals surface area contributed by atoms with Crippen molar-refractivity contribution >= 4 is 6.09 Å². The van der Waals surface area contributed by atoms with Crippen LogP contribution in [-0.4, -0.2) is 56.5 Å². The summed E-state index contributed by atoms with van der Waals surface area (Å²) in [5.41, 5.74) is 0.912. The van der Waals surface area contributed by atoms with Crippen LogP contribution in [0.15, 0.2) is 24.3 Å². The van der Waals surface area contributed by atoms with Gasteiger partial charge >= 0.3 is 6.09 Å². The third kappa shape index (κ3) is 4.81. The maximum atomic E-state index is 14.6. The summed E-state index contributed by atoms with van der Waals surface area (Å²) in [5, 5.41) is 3.15. The second-order valence-corrected chi connectivity index (χ2v) is 9.89. The summed E-state index contributed by atoms with van der Waals surface area (Å²) in [4.78, 5) is 14.7. The highest BCUT2D eigenvalue weighted by Crippen LogP contribution is 2.52. The van der Waals surface area contributed by atoms with Gasteiger partial charge in [-0.2, -0.15) is 0 Å². The summed E-state index contributed by atoms with van der Waals surface area (Å²) >= 11 is 0. The summed E-state index contributed by atoms with van der Waals surface area (Å²) in [6.45, 7) is 5.96. The molecule has 0 bridgehead atoms. The number of halogens is 1. The molecule has 3 atom stereocenters. The quantitative estimate of drug-likeness (QED) is 0.618. The summed E-state index contributed by atoms with van der Waals surface area (Å²) in [6, 6.07) is 7.35. The number of methoxy groups -OCH3 is 1. The third-order valence-corrected chi connectivity index (χ3v) is 8.27. The number of carbonyl (C=O) groups is 1. The minimum Gasteiger partial charge on any atom is -0.453 e. The van der Waals surface area contributed by atoms with Crippen LogP contribution < -0.4 is 5.32 Å². The zero-order chi connectivity index (χ0) is 22.6. The first-order valence-electron chi connectivity index (χ1n) is 12.5. The summed E-state index contributed by atoms with van der Waals surface area (Å²) in [5.74, 6) is 0.526. The van der Waals surface area contributed by atoms with Gasteiger partial charge < -0.3 is 19.7 Å². The van der Waals surface area contributed by atoms with Gasteiger partial charge in [-0.1, -0.05) is 18.6 Å². The van der Waals surface area contributed by atoms with Crippen LogP contribution in [0, 0.1) is 17.7 Å². The topological polar surface area (TPSA) is 50.8 Å². The highest BCUT2D eigenvalue weighted by molar-refractivity contribution is 5.67. The van der Waals surface area contributed by atoms with E-state index >= 15 is 0 Å². The van der Waals surface area contributed by atoms with Crippen LogP contribution >= 0.6 is 0 Å². The Bertz CT molecular complexity index is 763. The van der Waals surface area contributed by atoms with E-state index in [0.29, 0.717) is 12.0 Å². The molecule has 1 N–H and O–H groups in total. The third-order valence-electron chi connectivity index (χ3n) is 8.27. The van der Waals surface area contributed by atoms with Crippen molar-refractivity contribution in [3.05, 3.63) is 35.6 Å². The Kier molecular flexibility index (Phi) is 7.72. The number of nitrogens with one attached hydrogen (secondary N) is 1. The molecule has 0 spiro atoms. The van der Waals surface area contributed by atoms with Crippen molar-refractivity contribution in [2.24, 2.45) is 11.8 Å². The minimum atomic E-state index is -0.362. The number of ether oxygens (including phenoxy) is 2. The molecule has 3 aliphatic rings. The van der Waals surface area contributed by atoms with Crippen LogP contribution in [0.25, 0.3) is 0 Å². The molecule has 1 aromatic carbocycles. The fourth-order valence-corrected chi connectivity index (χ4v) is 6.72. The Morgan fingerprint density at radius 1 is 1.16 bits per heavy atom. The highest BCUT2D eigenvalue weighted by Gasteiger charge is 2.53. The molecule has 4 rings (SSSR count). The lowest BCUT2D eigenvalue weighted by Crippen LogP contribution is -2.58. The minimum absolute atomic E-state index is 0.0524. The lowest BCUT2D eigenvalue weighted by Gasteiger charge is -2.53. The molecule has 2 saturated carbocycles. The Balaban J connectivity index is 1.73. The molecule has 6 heteroatoms. The van der Waals surface area contributed by atoms with Crippen molar-refractivity contribution in [2.45, 2.75) is 75.9 Å². The number of alkyl carbamates (subject to hydrolysis) is 1. The van der Waals surface area contributed by atoms with E-state index in [1.165, 1.54) is 13.5 Å². The van der Waals surface area contributed by atoms with Crippen molar-refractivity contribution in [3.63, 3.8) is 0 Å². The molecule has 1 saturated heterocycles. The van der Waals surface area contributed by atoms with E-state index in [-0.39, 0.29) is 29.3 Å². The van der Waals surface area contributed by atoms with Gasteiger partial charge in [0.2, 0.25) is 0 Å². The number of likely N-dealkylation sites (tertiary alicyclic amines) is 1. The molecular weight excluding hydrogens is 407 g/mol. The Hall–Kier alpha value is -1.66. The van der Waals surface area contributed by atoms with E-state index in [9.17, 15) is 9.18 Å². The second kappa shape index (κ2) is 10.5. The van der Waals surface area contributed by atoms with Crippen LogP contribution in [0.1, 0.15) is 63.9 Å². The Labute approximate surface area is 192 Å². The molecule has 32 heavy (non-hydrogen) atoms. The first-order valence-corrected chi connectivity index (χ1v) is 12.5. The first-order chi connectivity index (χ1) is 15.6. The SMILES string of the molecule is CCO[C@H]1CC[C@H](C(CN2CCC2)(c2cccc(F)c2)[C@H]2CCC[C@@H]2NC(=O)OC)CC1. The average molecular weight is 447 g/mol. The van der Waals surface area contributed by atoms with Crippen LogP contribution in [0.3, 0.4) is 0 Å². The predicted molar refractivity (Wildman–Crippen MR) is 123 cm³/mol. The maximum absolute atomic E-state index is 14.6. The van der Waals surface area contributed by atoms with Crippen LogP contribution in [0.5, 0.6) is 0 Å². The molecule has 178 valence electrons. The van der Waals surface area contributed by atoms with Gasteiger partial charge in [0.25, 0.3) is 0 Å². The predicted octanol–water partition coefficient (Wildman–Crippen LogP) is 4.89. The molecule has 3 fully saturated rings. The molecule has 1 heterocycles. The first kappa shape index (κ1) is 23.5. The lowest BCUT2D eigenvalue weighted by molar-refractivity contribution is -0.0110. The number of amides is 1. The fourth-order valence-electron chi connectivity index (χ4n) is 6.72. The fraction of sp³-hybridized carbons (Fsp3) is 0.731. The van der Waals surface area contributed by atoms with Crippen molar-refractivity contribution in [3.8, 4) is 0 Å². The van der Waals surface area contributed by atoms with E-state index in [2.05, 4.69) is 23.2 Å². The zero-order valence-electron chi connectivity index (χ0n) is 19.7.